The summed E-state index contributed by atoms with van der Waals surface area (Å²) in [5.41, 5.74) is 0.461. The number of benzene rings is 2. The Morgan fingerprint density at radius 2 is 1.81 bits per heavy atom. The monoisotopic (exact) mass is 395 g/mol. The number of hydrogen-bond donors (Lipinski definition) is 1. The third-order valence-electron chi connectivity index (χ3n) is 2.63. The van der Waals surface area contributed by atoms with Crippen molar-refractivity contribution in [3.05, 3.63) is 63.1 Å². The zero-order valence-electron chi connectivity index (χ0n) is 10.4. The van der Waals surface area contributed by atoms with E-state index >= 15 is 0 Å². The Morgan fingerprint density at radius 3 is 2.43 bits per heavy atom. The van der Waals surface area contributed by atoms with Crippen LogP contribution < -0.4 is 4.72 Å². The molecule has 0 fully saturated rings. The van der Waals surface area contributed by atoms with E-state index in [0.29, 0.717) is 10.0 Å². The second-order valence-corrected chi connectivity index (χ2v) is 7.21. The molecule has 0 atom stereocenters. The van der Waals surface area contributed by atoms with Crippen LogP contribution in [0, 0.1) is 11.6 Å². The predicted octanol–water partition coefficient (Wildman–Crippen LogP) is 3.86. The average molecular weight is 397 g/mol. The smallest absolute Gasteiger partial charge is 0.207 e. The Morgan fingerprint density at radius 1 is 1.10 bits per heavy atom. The van der Waals surface area contributed by atoms with Crippen molar-refractivity contribution in [2.24, 2.45) is 0 Å². The Balaban J connectivity index is 2.19. The fraction of sp³-hybridized carbons (Fsp3) is 0.0769. The quantitative estimate of drug-likeness (QED) is 0.853. The summed E-state index contributed by atoms with van der Waals surface area (Å²) < 4.78 is 53.4. The molecule has 2 aromatic carbocycles. The molecule has 0 aliphatic rings. The molecule has 0 saturated heterocycles. The van der Waals surface area contributed by atoms with E-state index in [2.05, 4.69) is 20.7 Å². The molecule has 0 bridgehead atoms. The van der Waals surface area contributed by atoms with E-state index in [9.17, 15) is 17.2 Å². The molecular weight excluding hydrogens is 388 g/mol. The average Bonchev–Trinajstić information content (AvgIpc) is 2.40. The van der Waals surface area contributed by atoms with Crippen LogP contribution in [-0.4, -0.2) is 8.42 Å². The summed E-state index contributed by atoms with van der Waals surface area (Å²) in [6.45, 7) is -0.127. The summed E-state index contributed by atoms with van der Waals surface area (Å²) in [5.74, 6) is -1.46. The summed E-state index contributed by atoms with van der Waals surface area (Å²) in [5, 5.41) is -0.110. The van der Waals surface area contributed by atoms with Gasteiger partial charge in [-0.3, -0.25) is 0 Å². The van der Waals surface area contributed by atoms with Gasteiger partial charge in [-0.25, -0.2) is 21.9 Å². The standard InChI is InChI=1S/C13H9BrClF2NO2S/c14-9-2-4-13(12(17)6-9)21(19,20)18-7-8-1-3-11(16)10(15)5-8/h1-6,18H,7H2. The van der Waals surface area contributed by atoms with Crippen molar-refractivity contribution < 1.29 is 17.2 Å². The van der Waals surface area contributed by atoms with Gasteiger partial charge in [0.2, 0.25) is 10.0 Å². The Hall–Kier alpha value is -1.02. The molecule has 0 unspecified atom stereocenters. The van der Waals surface area contributed by atoms with Gasteiger partial charge in [-0.2, -0.15) is 0 Å². The fourth-order valence-corrected chi connectivity index (χ4v) is 3.21. The number of halogens is 4. The van der Waals surface area contributed by atoms with Crippen LogP contribution in [0.4, 0.5) is 8.78 Å². The Kier molecular flexibility index (Phi) is 4.98. The zero-order chi connectivity index (χ0) is 15.6. The highest BCUT2D eigenvalue weighted by atomic mass is 79.9. The second kappa shape index (κ2) is 6.39. The molecule has 1 N–H and O–H groups in total. The van der Waals surface area contributed by atoms with E-state index in [1.54, 1.807) is 0 Å². The first-order valence-corrected chi connectivity index (χ1v) is 8.33. The summed E-state index contributed by atoms with van der Waals surface area (Å²) in [4.78, 5) is -0.459. The van der Waals surface area contributed by atoms with Crippen molar-refractivity contribution in [1.29, 1.82) is 0 Å². The van der Waals surface area contributed by atoms with Crippen LogP contribution in [0.25, 0.3) is 0 Å². The minimum Gasteiger partial charge on any atom is -0.207 e. The van der Waals surface area contributed by atoms with Gasteiger partial charge in [0, 0.05) is 11.0 Å². The lowest BCUT2D eigenvalue weighted by atomic mass is 10.2. The topological polar surface area (TPSA) is 46.2 Å². The molecule has 0 saturated carbocycles. The van der Waals surface area contributed by atoms with Crippen LogP contribution >= 0.6 is 27.5 Å². The van der Waals surface area contributed by atoms with Crippen LogP contribution in [0.2, 0.25) is 5.02 Å². The van der Waals surface area contributed by atoms with Crippen LogP contribution in [0.5, 0.6) is 0 Å². The van der Waals surface area contributed by atoms with E-state index in [-0.39, 0.29) is 11.6 Å². The highest BCUT2D eigenvalue weighted by molar-refractivity contribution is 9.10. The van der Waals surface area contributed by atoms with Gasteiger partial charge in [0.1, 0.15) is 16.5 Å². The van der Waals surface area contributed by atoms with Gasteiger partial charge in [-0.15, -0.1) is 0 Å². The van der Waals surface area contributed by atoms with Crippen molar-refractivity contribution >= 4 is 37.6 Å². The first-order valence-electron chi connectivity index (χ1n) is 5.68. The van der Waals surface area contributed by atoms with Crippen molar-refractivity contribution in [1.82, 2.24) is 4.72 Å². The maximum absolute atomic E-state index is 13.7. The number of nitrogens with one attached hydrogen (secondary N) is 1. The SMILES string of the molecule is O=S(=O)(NCc1ccc(F)c(Cl)c1)c1ccc(Br)cc1F. The summed E-state index contributed by atoms with van der Waals surface area (Å²) in [7, 11) is -4.01. The molecule has 0 heterocycles. The van der Waals surface area contributed by atoms with E-state index in [0.717, 1.165) is 18.2 Å². The first kappa shape index (κ1) is 16.4. The zero-order valence-corrected chi connectivity index (χ0v) is 13.6. The Labute approximate surface area is 134 Å². The van der Waals surface area contributed by atoms with Gasteiger partial charge in [-0.1, -0.05) is 33.6 Å². The number of rotatable bonds is 4. The van der Waals surface area contributed by atoms with E-state index in [1.807, 2.05) is 0 Å². The number of sulfonamides is 1. The predicted molar refractivity (Wildman–Crippen MR) is 79.5 cm³/mol. The van der Waals surface area contributed by atoms with Gasteiger partial charge >= 0.3 is 0 Å². The van der Waals surface area contributed by atoms with Crippen molar-refractivity contribution in [2.75, 3.05) is 0 Å². The van der Waals surface area contributed by atoms with Crippen LogP contribution in [0.3, 0.4) is 0 Å². The molecule has 0 aliphatic heterocycles. The summed E-state index contributed by atoms with van der Waals surface area (Å²) in [6, 6.07) is 7.46. The van der Waals surface area contributed by atoms with Gasteiger partial charge in [0.25, 0.3) is 0 Å². The molecule has 0 aliphatic carbocycles. The fourth-order valence-electron chi connectivity index (χ4n) is 1.60. The first-order chi connectivity index (χ1) is 9.79. The molecule has 0 spiro atoms. The lowest BCUT2D eigenvalue weighted by Crippen LogP contribution is -2.24. The van der Waals surface area contributed by atoms with Gasteiger partial charge < -0.3 is 0 Å². The van der Waals surface area contributed by atoms with Gasteiger partial charge in [0.15, 0.2) is 0 Å². The Bertz CT molecular complexity index is 784. The normalized spacial score (nSPS) is 11.6. The van der Waals surface area contributed by atoms with E-state index < -0.39 is 26.6 Å². The molecule has 21 heavy (non-hydrogen) atoms. The molecular formula is C13H9BrClF2NO2S. The second-order valence-electron chi connectivity index (χ2n) is 4.15. The van der Waals surface area contributed by atoms with Crippen LogP contribution in [0.1, 0.15) is 5.56 Å². The van der Waals surface area contributed by atoms with E-state index in [1.165, 1.54) is 18.2 Å². The van der Waals surface area contributed by atoms with E-state index in [4.69, 9.17) is 11.6 Å². The molecule has 8 heteroatoms. The summed E-state index contributed by atoms with van der Waals surface area (Å²) >= 11 is 8.65. The molecule has 0 radical (unpaired) electrons. The third kappa shape index (κ3) is 4.00. The molecule has 2 aromatic rings. The van der Waals surface area contributed by atoms with Crippen LogP contribution in [0.15, 0.2) is 45.8 Å². The van der Waals surface area contributed by atoms with Crippen molar-refractivity contribution in [3.63, 3.8) is 0 Å². The highest BCUT2D eigenvalue weighted by Gasteiger charge is 2.19. The number of hydrogen-bond acceptors (Lipinski definition) is 2. The lowest BCUT2D eigenvalue weighted by molar-refractivity contribution is 0.556. The van der Waals surface area contributed by atoms with Crippen molar-refractivity contribution in [2.45, 2.75) is 11.4 Å². The minimum absolute atomic E-state index is 0.110. The lowest BCUT2D eigenvalue weighted by Gasteiger charge is -2.08. The maximum atomic E-state index is 13.7. The van der Waals surface area contributed by atoms with Gasteiger partial charge in [0.05, 0.1) is 5.02 Å². The van der Waals surface area contributed by atoms with Crippen molar-refractivity contribution in [3.8, 4) is 0 Å². The van der Waals surface area contributed by atoms with Gasteiger partial charge in [-0.05, 0) is 35.9 Å². The third-order valence-corrected chi connectivity index (χ3v) is 4.85. The minimum atomic E-state index is -4.01. The highest BCUT2D eigenvalue weighted by Crippen LogP contribution is 2.20. The molecule has 0 amide bonds. The molecule has 3 nitrogen and oxygen atoms in total. The molecule has 0 aromatic heterocycles. The molecule has 2 rings (SSSR count). The maximum Gasteiger partial charge on any atom is 0.243 e. The van der Waals surface area contributed by atoms with Crippen LogP contribution in [-0.2, 0) is 16.6 Å². The largest absolute Gasteiger partial charge is 0.243 e. The summed E-state index contributed by atoms with van der Waals surface area (Å²) in [6.07, 6.45) is 0. The molecule has 112 valence electrons.